The predicted octanol–water partition coefficient (Wildman–Crippen LogP) is 4.50. The van der Waals surface area contributed by atoms with Gasteiger partial charge in [-0.3, -0.25) is 4.68 Å². The molecule has 1 unspecified atom stereocenters. The summed E-state index contributed by atoms with van der Waals surface area (Å²) in [5.74, 6) is -0.988. The van der Waals surface area contributed by atoms with Crippen LogP contribution in [0, 0.1) is 12.8 Å². The van der Waals surface area contributed by atoms with E-state index in [0.717, 1.165) is 29.5 Å². The van der Waals surface area contributed by atoms with Gasteiger partial charge in [-0.25, -0.2) is 9.97 Å². The fraction of sp³-hybridized carbons (Fsp3) is 0.565. The second-order valence-electron chi connectivity index (χ2n) is 9.43. The molecule has 3 fully saturated rings. The highest BCUT2D eigenvalue weighted by Gasteiger charge is 2.49. The Morgan fingerprint density at radius 2 is 1.91 bits per heavy atom. The van der Waals surface area contributed by atoms with Gasteiger partial charge in [0.1, 0.15) is 6.10 Å². The summed E-state index contributed by atoms with van der Waals surface area (Å²) in [7, 11) is 0. The van der Waals surface area contributed by atoms with E-state index in [1.165, 1.54) is 0 Å². The molecular formula is C23H25F3N6O. The first-order valence-electron chi connectivity index (χ1n) is 11.5. The van der Waals surface area contributed by atoms with E-state index >= 15 is 0 Å². The predicted molar refractivity (Wildman–Crippen MR) is 115 cm³/mol. The molecule has 6 rings (SSSR count). The second-order valence-corrected chi connectivity index (χ2v) is 9.43. The van der Waals surface area contributed by atoms with Gasteiger partial charge in [-0.05, 0) is 44.7 Å². The van der Waals surface area contributed by atoms with Crippen molar-refractivity contribution in [3.05, 3.63) is 41.5 Å². The Hall–Kier alpha value is -2.75. The summed E-state index contributed by atoms with van der Waals surface area (Å²) in [4.78, 5) is 16.1. The molecule has 7 nitrogen and oxygen atoms in total. The Labute approximate surface area is 189 Å². The summed E-state index contributed by atoms with van der Waals surface area (Å²) < 4.78 is 47.3. The van der Waals surface area contributed by atoms with Crippen LogP contribution in [0.3, 0.4) is 0 Å². The van der Waals surface area contributed by atoms with Gasteiger partial charge in [0.15, 0.2) is 5.65 Å². The number of nitrogens with zero attached hydrogens (tertiary/aromatic N) is 6. The van der Waals surface area contributed by atoms with Crippen molar-refractivity contribution in [3.8, 4) is 0 Å². The highest BCUT2D eigenvalue weighted by atomic mass is 19.4. The zero-order chi connectivity index (χ0) is 22.7. The summed E-state index contributed by atoms with van der Waals surface area (Å²) in [5, 5.41) is 5.21. The smallest absolute Gasteiger partial charge is 0.370 e. The van der Waals surface area contributed by atoms with Crippen molar-refractivity contribution in [3.63, 3.8) is 0 Å². The molecule has 0 N–H and O–H groups in total. The number of halogens is 3. The fourth-order valence-corrected chi connectivity index (χ4v) is 4.77. The lowest BCUT2D eigenvalue weighted by atomic mass is 9.72. The molecule has 1 atom stereocenters. The monoisotopic (exact) mass is 458 g/mol. The van der Waals surface area contributed by atoms with Crippen molar-refractivity contribution >= 4 is 17.0 Å². The molecule has 2 aliphatic carbocycles. The lowest BCUT2D eigenvalue weighted by molar-refractivity contribution is -0.197. The average Bonchev–Trinajstić information content (AvgIpc) is 3.48. The van der Waals surface area contributed by atoms with Crippen LogP contribution in [0.5, 0.6) is 0 Å². The van der Waals surface area contributed by atoms with E-state index in [1.54, 1.807) is 0 Å². The first-order valence-corrected chi connectivity index (χ1v) is 11.5. The van der Waals surface area contributed by atoms with Crippen LogP contribution in [-0.2, 0) is 4.74 Å². The minimum Gasteiger partial charge on any atom is -0.370 e. The molecule has 33 heavy (non-hydrogen) atoms. The molecule has 1 saturated heterocycles. The largest absolute Gasteiger partial charge is 0.391 e. The Balaban J connectivity index is 1.30. The maximum Gasteiger partial charge on any atom is 0.391 e. The van der Waals surface area contributed by atoms with Gasteiger partial charge in [0.2, 0.25) is 5.95 Å². The SMILES string of the molecule is Cc1ccc2c(C3CC(C(F)(F)F)C3)nc(N3CCOC(c4cnn(C5CC5)c4)C3)nc2n1. The lowest BCUT2D eigenvalue weighted by Crippen LogP contribution is -2.40. The number of fused-ring (bicyclic) bond motifs is 1. The number of alkyl halides is 3. The number of hydrogen-bond acceptors (Lipinski definition) is 6. The van der Waals surface area contributed by atoms with E-state index in [0.29, 0.717) is 43.0 Å². The van der Waals surface area contributed by atoms with Gasteiger partial charge < -0.3 is 9.64 Å². The van der Waals surface area contributed by atoms with Gasteiger partial charge in [-0.2, -0.15) is 23.3 Å². The van der Waals surface area contributed by atoms with E-state index in [1.807, 2.05) is 29.9 Å². The third-order valence-corrected chi connectivity index (χ3v) is 6.97. The maximum absolute atomic E-state index is 13.1. The third kappa shape index (κ3) is 3.94. The molecule has 3 aromatic rings. The molecule has 2 saturated carbocycles. The molecule has 4 heterocycles. The van der Waals surface area contributed by atoms with Crippen LogP contribution in [0.15, 0.2) is 24.5 Å². The molecule has 0 radical (unpaired) electrons. The molecule has 1 aliphatic heterocycles. The Morgan fingerprint density at radius 1 is 1.09 bits per heavy atom. The van der Waals surface area contributed by atoms with E-state index in [-0.39, 0.29) is 24.9 Å². The van der Waals surface area contributed by atoms with Crippen LogP contribution in [0.2, 0.25) is 0 Å². The molecule has 174 valence electrons. The fourth-order valence-electron chi connectivity index (χ4n) is 4.77. The highest BCUT2D eigenvalue weighted by Crippen LogP contribution is 2.50. The number of aromatic nitrogens is 5. The van der Waals surface area contributed by atoms with Crippen LogP contribution < -0.4 is 4.90 Å². The highest BCUT2D eigenvalue weighted by molar-refractivity contribution is 5.79. The summed E-state index contributed by atoms with van der Waals surface area (Å²) in [6.45, 7) is 3.56. The summed E-state index contributed by atoms with van der Waals surface area (Å²) in [5.41, 5.74) is 3.04. The van der Waals surface area contributed by atoms with Gasteiger partial charge in [0, 0.05) is 35.3 Å². The normalized spacial score (nSPS) is 25.9. The van der Waals surface area contributed by atoms with Gasteiger partial charge in [-0.1, -0.05) is 0 Å². The van der Waals surface area contributed by atoms with Crippen molar-refractivity contribution in [1.29, 1.82) is 0 Å². The summed E-state index contributed by atoms with van der Waals surface area (Å²) in [6, 6.07) is 4.24. The van der Waals surface area contributed by atoms with Crippen LogP contribution in [-0.4, -0.2) is 50.6 Å². The van der Waals surface area contributed by atoms with E-state index in [4.69, 9.17) is 14.7 Å². The van der Waals surface area contributed by atoms with Crippen molar-refractivity contribution in [2.45, 2.75) is 56.8 Å². The molecule has 3 aliphatic rings. The second kappa shape index (κ2) is 7.65. The quantitative estimate of drug-likeness (QED) is 0.574. The molecule has 0 bridgehead atoms. The Bertz CT molecular complexity index is 1180. The minimum absolute atomic E-state index is 0.0645. The van der Waals surface area contributed by atoms with Crippen LogP contribution in [0.25, 0.3) is 11.0 Å². The van der Waals surface area contributed by atoms with E-state index in [9.17, 15) is 13.2 Å². The number of anilines is 1. The number of ether oxygens (including phenoxy) is 1. The van der Waals surface area contributed by atoms with Crippen LogP contribution in [0.4, 0.5) is 19.1 Å². The summed E-state index contributed by atoms with van der Waals surface area (Å²) in [6.07, 6.45) is 2.05. The zero-order valence-electron chi connectivity index (χ0n) is 18.3. The average molecular weight is 458 g/mol. The van der Waals surface area contributed by atoms with Gasteiger partial charge in [0.25, 0.3) is 0 Å². The topological polar surface area (TPSA) is 69.0 Å². The van der Waals surface area contributed by atoms with Crippen LogP contribution in [0.1, 0.15) is 60.7 Å². The number of rotatable bonds is 4. The molecule has 10 heteroatoms. The minimum atomic E-state index is -4.15. The van der Waals surface area contributed by atoms with Crippen molar-refractivity contribution in [2.24, 2.45) is 5.92 Å². The molecule has 3 aromatic heterocycles. The van der Waals surface area contributed by atoms with Crippen molar-refractivity contribution in [2.75, 3.05) is 24.6 Å². The molecular weight excluding hydrogens is 433 g/mol. The lowest BCUT2D eigenvalue weighted by Gasteiger charge is -2.37. The Kier molecular flexibility index (Phi) is 4.83. The standard InChI is InChI=1S/C23H25F3N6O/c1-13-2-5-18-20(14-8-16(9-14)23(24,25)26)29-22(30-21(18)28-13)31-6-7-33-19(12-31)15-10-27-32(11-15)17-3-4-17/h2,5,10-11,14,16-17,19H,3-4,6-9,12H2,1H3. The van der Waals surface area contributed by atoms with Gasteiger partial charge in [-0.15, -0.1) is 0 Å². The molecule has 0 spiro atoms. The number of morpholine rings is 1. The van der Waals surface area contributed by atoms with Crippen molar-refractivity contribution in [1.82, 2.24) is 24.7 Å². The summed E-state index contributed by atoms with van der Waals surface area (Å²) >= 11 is 0. The number of aryl methyl sites for hydroxylation is 1. The van der Waals surface area contributed by atoms with Gasteiger partial charge >= 0.3 is 6.18 Å². The number of hydrogen-bond donors (Lipinski definition) is 0. The zero-order valence-corrected chi connectivity index (χ0v) is 18.3. The van der Waals surface area contributed by atoms with Crippen LogP contribution >= 0.6 is 0 Å². The van der Waals surface area contributed by atoms with E-state index < -0.39 is 12.1 Å². The first kappa shape index (κ1) is 20.8. The first-order chi connectivity index (χ1) is 15.8. The number of pyridine rings is 1. The van der Waals surface area contributed by atoms with Gasteiger partial charge in [0.05, 0.1) is 37.0 Å². The van der Waals surface area contributed by atoms with Crippen molar-refractivity contribution < 1.29 is 17.9 Å². The third-order valence-electron chi connectivity index (χ3n) is 6.97. The van der Waals surface area contributed by atoms with E-state index in [2.05, 4.69) is 21.2 Å². The maximum atomic E-state index is 13.1. The Morgan fingerprint density at radius 3 is 2.67 bits per heavy atom. The molecule has 0 aromatic carbocycles. The molecule has 0 amide bonds.